The van der Waals surface area contributed by atoms with E-state index in [-0.39, 0.29) is 0 Å². The Kier molecular flexibility index (Phi) is 2.98. The number of nitrogens with zero attached hydrogens (tertiary/aromatic N) is 2. The second kappa shape index (κ2) is 4.97. The molecule has 1 aliphatic carbocycles. The lowest BCUT2D eigenvalue weighted by Gasteiger charge is -2.23. The highest BCUT2D eigenvalue weighted by atomic mass is 15.1. The molecule has 1 saturated carbocycles. The van der Waals surface area contributed by atoms with Crippen molar-refractivity contribution in [2.24, 2.45) is 0 Å². The molecule has 0 radical (unpaired) electrons. The molecule has 0 spiro atoms. The van der Waals surface area contributed by atoms with Gasteiger partial charge in [0.15, 0.2) is 0 Å². The monoisotopic (exact) mass is 267 g/mol. The maximum Gasteiger partial charge on any atom is 0.0953 e. The van der Waals surface area contributed by atoms with Crippen LogP contribution in [0.5, 0.6) is 0 Å². The second-order valence-electron chi connectivity index (χ2n) is 5.99. The molecule has 0 saturated heterocycles. The van der Waals surface area contributed by atoms with Crippen molar-refractivity contribution in [2.45, 2.75) is 44.6 Å². The van der Waals surface area contributed by atoms with E-state index in [9.17, 15) is 0 Å². The van der Waals surface area contributed by atoms with Crippen LogP contribution in [0.25, 0.3) is 11.3 Å². The van der Waals surface area contributed by atoms with Crippen LogP contribution in [0.3, 0.4) is 0 Å². The molecule has 20 heavy (non-hydrogen) atoms. The molecule has 3 heteroatoms. The number of hydrogen-bond acceptors (Lipinski definition) is 2. The summed E-state index contributed by atoms with van der Waals surface area (Å²) < 4.78 is 2.40. The number of rotatable bonds is 2. The average Bonchev–Trinajstić information content (AvgIpc) is 3.17. The fraction of sp³-hybridized carbons (Fsp3) is 0.471. The summed E-state index contributed by atoms with van der Waals surface area (Å²) in [4.78, 5) is 4.43. The highest BCUT2D eigenvalue weighted by molar-refractivity contribution is 5.79. The van der Waals surface area contributed by atoms with Gasteiger partial charge in [-0.25, -0.2) is 4.98 Å². The average molecular weight is 267 g/mol. The predicted octanol–water partition coefficient (Wildman–Crippen LogP) is 4.02. The number of para-hydroxylation sites is 1. The van der Waals surface area contributed by atoms with Crippen LogP contribution in [-0.2, 0) is 6.42 Å². The van der Waals surface area contributed by atoms with Crippen LogP contribution >= 0.6 is 0 Å². The highest BCUT2D eigenvalue weighted by Gasteiger charge is 2.22. The number of benzene rings is 1. The van der Waals surface area contributed by atoms with Crippen molar-refractivity contribution in [1.29, 1.82) is 0 Å². The Morgan fingerprint density at radius 2 is 2.05 bits per heavy atom. The zero-order valence-corrected chi connectivity index (χ0v) is 11.8. The minimum absolute atomic E-state index is 0.645. The molecule has 1 aromatic carbocycles. The molecule has 0 atom stereocenters. The largest absolute Gasteiger partial charge is 0.384 e. The Hall–Kier alpha value is -1.77. The standard InChI is InChI=1S/C17H21N3/c1-2-8-14(7-1)20-12-18-11-16(20)15-9-3-5-13-6-4-10-19-17(13)15/h3,5,9,11-12,14,19H,1-2,4,6-8,10H2. The molecule has 0 amide bonds. The van der Waals surface area contributed by atoms with Crippen LogP contribution in [-0.4, -0.2) is 16.1 Å². The lowest BCUT2D eigenvalue weighted by atomic mass is 9.98. The summed E-state index contributed by atoms with van der Waals surface area (Å²) in [6.45, 7) is 1.08. The van der Waals surface area contributed by atoms with E-state index in [1.54, 1.807) is 0 Å². The first kappa shape index (κ1) is 12.0. The SMILES string of the molecule is c1cc2c(c(-c3cncn3C3CCCC3)c1)NCCC2. The molecule has 1 N–H and O–H groups in total. The zero-order valence-electron chi connectivity index (χ0n) is 11.8. The van der Waals surface area contributed by atoms with Crippen LogP contribution in [0.4, 0.5) is 5.69 Å². The van der Waals surface area contributed by atoms with Crippen molar-refractivity contribution < 1.29 is 0 Å². The van der Waals surface area contributed by atoms with E-state index in [0.29, 0.717) is 6.04 Å². The van der Waals surface area contributed by atoms with Gasteiger partial charge in [0.2, 0.25) is 0 Å². The van der Waals surface area contributed by atoms with E-state index in [2.05, 4.69) is 33.1 Å². The van der Waals surface area contributed by atoms with Gasteiger partial charge in [0, 0.05) is 23.8 Å². The Balaban J connectivity index is 1.80. The van der Waals surface area contributed by atoms with Gasteiger partial charge in [0.05, 0.1) is 18.2 Å². The molecule has 1 aliphatic heterocycles. The van der Waals surface area contributed by atoms with Crippen LogP contribution < -0.4 is 5.32 Å². The molecular formula is C17H21N3. The van der Waals surface area contributed by atoms with E-state index in [1.165, 1.54) is 61.0 Å². The van der Waals surface area contributed by atoms with Gasteiger partial charge in [0.25, 0.3) is 0 Å². The third-order valence-corrected chi connectivity index (χ3v) is 4.74. The van der Waals surface area contributed by atoms with Gasteiger partial charge in [0.1, 0.15) is 0 Å². The molecule has 2 aromatic rings. The predicted molar refractivity (Wildman–Crippen MR) is 82.0 cm³/mol. The van der Waals surface area contributed by atoms with Crippen molar-refractivity contribution in [3.05, 3.63) is 36.3 Å². The number of aromatic nitrogens is 2. The molecule has 1 fully saturated rings. The second-order valence-corrected chi connectivity index (χ2v) is 5.99. The van der Waals surface area contributed by atoms with Crippen molar-refractivity contribution in [3.8, 4) is 11.3 Å². The normalized spacial score (nSPS) is 18.8. The molecule has 104 valence electrons. The summed E-state index contributed by atoms with van der Waals surface area (Å²) in [5.74, 6) is 0. The first-order chi connectivity index (χ1) is 9.93. The fourth-order valence-corrected chi connectivity index (χ4v) is 3.71. The quantitative estimate of drug-likeness (QED) is 0.890. The molecule has 0 unspecified atom stereocenters. The third kappa shape index (κ3) is 1.92. The lowest BCUT2D eigenvalue weighted by molar-refractivity contribution is 0.523. The number of hydrogen-bond donors (Lipinski definition) is 1. The Bertz CT molecular complexity index is 608. The van der Waals surface area contributed by atoms with E-state index in [0.717, 1.165) is 6.54 Å². The summed E-state index contributed by atoms with van der Waals surface area (Å²) in [6, 6.07) is 7.32. The molecule has 3 nitrogen and oxygen atoms in total. The Morgan fingerprint density at radius 1 is 1.15 bits per heavy atom. The van der Waals surface area contributed by atoms with Crippen LogP contribution in [0.15, 0.2) is 30.7 Å². The first-order valence-electron chi connectivity index (χ1n) is 7.81. The molecule has 2 heterocycles. The smallest absolute Gasteiger partial charge is 0.0953 e. The summed E-state index contributed by atoms with van der Waals surface area (Å²) in [5.41, 5.74) is 5.39. The lowest BCUT2D eigenvalue weighted by Crippen LogP contribution is -2.13. The summed E-state index contributed by atoms with van der Waals surface area (Å²) in [5, 5.41) is 3.60. The molecule has 1 aromatic heterocycles. The topological polar surface area (TPSA) is 29.9 Å². The van der Waals surface area contributed by atoms with Crippen LogP contribution in [0.1, 0.15) is 43.7 Å². The number of fused-ring (bicyclic) bond motifs is 1. The van der Waals surface area contributed by atoms with Crippen molar-refractivity contribution in [3.63, 3.8) is 0 Å². The van der Waals surface area contributed by atoms with Gasteiger partial charge < -0.3 is 9.88 Å². The van der Waals surface area contributed by atoms with Gasteiger partial charge >= 0.3 is 0 Å². The van der Waals surface area contributed by atoms with Crippen molar-refractivity contribution >= 4 is 5.69 Å². The summed E-state index contributed by atoms with van der Waals surface area (Å²) >= 11 is 0. The fourth-order valence-electron chi connectivity index (χ4n) is 3.71. The van der Waals surface area contributed by atoms with E-state index in [1.807, 2.05) is 12.5 Å². The maximum absolute atomic E-state index is 4.43. The van der Waals surface area contributed by atoms with Crippen LogP contribution in [0.2, 0.25) is 0 Å². The molecular weight excluding hydrogens is 246 g/mol. The number of imidazole rings is 1. The highest BCUT2D eigenvalue weighted by Crippen LogP contribution is 2.38. The number of aryl methyl sites for hydroxylation is 1. The number of nitrogens with one attached hydrogen (secondary N) is 1. The maximum atomic E-state index is 4.43. The molecule has 2 aliphatic rings. The van der Waals surface area contributed by atoms with Crippen molar-refractivity contribution in [2.75, 3.05) is 11.9 Å². The zero-order chi connectivity index (χ0) is 13.4. The minimum atomic E-state index is 0.645. The van der Waals surface area contributed by atoms with E-state index in [4.69, 9.17) is 0 Å². The Labute approximate surface area is 120 Å². The van der Waals surface area contributed by atoms with Gasteiger partial charge in [-0.1, -0.05) is 31.0 Å². The summed E-state index contributed by atoms with van der Waals surface area (Å²) in [7, 11) is 0. The molecule has 4 rings (SSSR count). The van der Waals surface area contributed by atoms with Crippen LogP contribution in [0, 0.1) is 0 Å². The Morgan fingerprint density at radius 3 is 2.95 bits per heavy atom. The van der Waals surface area contributed by atoms with E-state index < -0.39 is 0 Å². The minimum Gasteiger partial charge on any atom is -0.384 e. The third-order valence-electron chi connectivity index (χ3n) is 4.74. The van der Waals surface area contributed by atoms with Gasteiger partial charge in [-0.3, -0.25) is 0 Å². The van der Waals surface area contributed by atoms with Gasteiger partial charge in [-0.05, 0) is 31.2 Å². The molecule has 0 bridgehead atoms. The first-order valence-corrected chi connectivity index (χ1v) is 7.81. The van der Waals surface area contributed by atoms with Gasteiger partial charge in [-0.2, -0.15) is 0 Å². The van der Waals surface area contributed by atoms with E-state index >= 15 is 0 Å². The van der Waals surface area contributed by atoms with Crippen molar-refractivity contribution in [1.82, 2.24) is 9.55 Å². The summed E-state index contributed by atoms with van der Waals surface area (Å²) in [6.07, 6.45) is 11.8. The number of anilines is 1. The van der Waals surface area contributed by atoms with Gasteiger partial charge in [-0.15, -0.1) is 0 Å².